The fourth-order valence-electron chi connectivity index (χ4n) is 3.72. The molecule has 0 saturated heterocycles. The van der Waals surface area contributed by atoms with Gasteiger partial charge in [-0.05, 0) is 78.8 Å². The number of rotatable bonds is 9. The molecule has 0 amide bonds. The number of halogens is 1. The Morgan fingerprint density at radius 2 is 1.41 bits per heavy atom. The first-order chi connectivity index (χ1) is 14.2. The van der Waals surface area contributed by atoms with E-state index in [-0.39, 0.29) is 5.82 Å². The standard InChI is InChI=1S/C28H31F/c1-3-4-6-9-23-12-14-24(15-13-23)16-17-25-18-19-27(28(29)21-25)20-22(2)26-10-7-5-8-11-26/h3-5,7-8,10-15,18-19,21-22H,6,9,16-17,20H2,1-2H3/b4-3+. The minimum Gasteiger partial charge on any atom is -0.207 e. The smallest absolute Gasteiger partial charge is 0.126 e. The van der Waals surface area contributed by atoms with Gasteiger partial charge < -0.3 is 0 Å². The molecule has 1 unspecified atom stereocenters. The Morgan fingerprint density at radius 1 is 0.793 bits per heavy atom. The lowest BCUT2D eigenvalue weighted by atomic mass is 9.92. The summed E-state index contributed by atoms with van der Waals surface area (Å²) >= 11 is 0. The van der Waals surface area contributed by atoms with Crippen molar-refractivity contribution < 1.29 is 4.39 Å². The zero-order valence-corrected chi connectivity index (χ0v) is 17.6. The maximum atomic E-state index is 14.6. The number of allylic oxidation sites excluding steroid dienone is 2. The summed E-state index contributed by atoms with van der Waals surface area (Å²) in [6.07, 6.45) is 9.00. The first-order valence-corrected chi connectivity index (χ1v) is 10.7. The molecule has 0 spiro atoms. The van der Waals surface area contributed by atoms with Gasteiger partial charge in [0.1, 0.15) is 5.82 Å². The molecular formula is C28H31F. The number of hydrogen-bond acceptors (Lipinski definition) is 0. The van der Waals surface area contributed by atoms with Crippen molar-refractivity contribution >= 4 is 0 Å². The molecule has 0 nitrogen and oxygen atoms in total. The molecule has 0 aliphatic carbocycles. The molecule has 0 aliphatic heterocycles. The van der Waals surface area contributed by atoms with Crippen LogP contribution in [0.1, 0.15) is 54.0 Å². The lowest BCUT2D eigenvalue weighted by Gasteiger charge is -2.13. The van der Waals surface area contributed by atoms with Gasteiger partial charge in [-0.3, -0.25) is 0 Å². The van der Waals surface area contributed by atoms with Crippen LogP contribution in [0.3, 0.4) is 0 Å². The Balaban J connectivity index is 1.55. The molecule has 29 heavy (non-hydrogen) atoms. The summed E-state index contributed by atoms with van der Waals surface area (Å²) in [6, 6.07) is 24.9. The molecule has 0 aromatic heterocycles. The summed E-state index contributed by atoms with van der Waals surface area (Å²) in [5.41, 5.74) is 5.80. The number of aryl methyl sites for hydroxylation is 3. The predicted octanol–water partition coefficient (Wildman–Crippen LogP) is 7.47. The third-order valence-corrected chi connectivity index (χ3v) is 5.57. The molecule has 0 fully saturated rings. The van der Waals surface area contributed by atoms with Crippen LogP contribution >= 0.6 is 0 Å². The van der Waals surface area contributed by atoms with Crippen molar-refractivity contribution in [2.75, 3.05) is 0 Å². The lowest BCUT2D eigenvalue weighted by Crippen LogP contribution is -2.02. The fraction of sp³-hybridized carbons (Fsp3) is 0.286. The van der Waals surface area contributed by atoms with E-state index in [0.29, 0.717) is 5.92 Å². The van der Waals surface area contributed by atoms with Crippen molar-refractivity contribution in [2.45, 2.75) is 51.9 Å². The molecule has 0 N–H and O–H groups in total. The molecule has 150 valence electrons. The van der Waals surface area contributed by atoms with Gasteiger partial charge in [0.2, 0.25) is 0 Å². The molecule has 1 heteroatoms. The maximum absolute atomic E-state index is 14.6. The predicted molar refractivity (Wildman–Crippen MR) is 122 cm³/mol. The van der Waals surface area contributed by atoms with Crippen LogP contribution in [0, 0.1) is 5.82 Å². The SMILES string of the molecule is C/C=C/CCc1ccc(CCc2ccc(CC(C)c3ccccc3)c(F)c2)cc1. The second-order valence-corrected chi connectivity index (χ2v) is 7.87. The summed E-state index contributed by atoms with van der Waals surface area (Å²) < 4.78 is 14.6. The zero-order valence-electron chi connectivity index (χ0n) is 17.6. The molecule has 3 aromatic rings. The topological polar surface area (TPSA) is 0 Å². The van der Waals surface area contributed by atoms with E-state index in [1.165, 1.54) is 16.7 Å². The second kappa shape index (κ2) is 10.8. The third-order valence-electron chi connectivity index (χ3n) is 5.57. The normalized spacial score (nSPS) is 12.4. The number of benzene rings is 3. The van der Waals surface area contributed by atoms with Crippen LogP contribution in [-0.4, -0.2) is 0 Å². The second-order valence-electron chi connectivity index (χ2n) is 7.87. The van der Waals surface area contributed by atoms with Crippen LogP contribution in [0.15, 0.2) is 84.9 Å². The summed E-state index contributed by atoms with van der Waals surface area (Å²) in [6.45, 7) is 4.22. The maximum Gasteiger partial charge on any atom is 0.126 e. The van der Waals surface area contributed by atoms with Gasteiger partial charge in [0.05, 0.1) is 0 Å². The van der Waals surface area contributed by atoms with Gasteiger partial charge in [0.15, 0.2) is 0 Å². The molecule has 0 bridgehead atoms. The Labute approximate surface area is 175 Å². The molecular weight excluding hydrogens is 355 g/mol. The molecule has 0 heterocycles. The van der Waals surface area contributed by atoms with Gasteiger partial charge in [0.25, 0.3) is 0 Å². The minimum absolute atomic E-state index is 0.0791. The van der Waals surface area contributed by atoms with Crippen molar-refractivity contribution in [2.24, 2.45) is 0 Å². The zero-order chi connectivity index (χ0) is 20.5. The molecule has 0 radical (unpaired) electrons. The average Bonchev–Trinajstić information content (AvgIpc) is 2.75. The molecule has 1 atom stereocenters. The first kappa shape index (κ1) is 21.0. The van der Waals surface area contributed by atoms with Gasteiger partial charge in [-0.25, -0.2) is 4.39 Å². The molecule has 0 aliphatic rings. The van der Waals surface area contributed by atoms with Crippen molar-refractivity contribution in [3.8, 4) is 0 Å². The van der Waals surface area contributed by atoms with Crippen LogP contribution in [0.2, 0.25) is 0 Å². The van der Waals surface area contributed by atoms with E-state index in [1.54, 1.807) is 6.07 Å². The lowest BCUT2D eigenvalue weighted by molar-refractivity contribution is 0.595. The Hall–Kier alpha value is -2.67. The Bertz CT molecular complexity index is 907. The highest BCUT2D eigenvalue weighted by Gasteiger charge is 2.10. The van der Waals surface area contributed by atoms with Gasteiger partial charge >= 0.3 is 0 Å². The van der Waals surface area contributed by atoms with E-state index < -0.39 is 0 Å². The van der Waals surface area contributed by atoms with E-state index in [2.05, 4.69) is 68.5 Å². The summed E-state index contributed by atoms with van der Waals surface area (Å²) in [7, 11) is 0. The van der Waals surface area contributed by atoms with Crippen molar-refractivity contribution in [1.82, 2.24) is 0 Å². The van der Waals surface area contributed by atoms with E-state index in [1.807, 2.05) is 24.3 Å². The van der Waals surface area contributed by atoms with Crippen molar-refractivity contribution in [3.05, 3.63) is 119 Å². The first-order valence-electron chi connectivity index (χ1n) is 10.7. The number of hydrogen-bond donors (Lipinski definition) is 0. The molecule has 0 saturated carbocycles. The van der Waals surface area contributed by atoms with Gasteiger partial charge in [-0.2, -0.15) is 0 Å². The van der Waals surface area contributed by atoms with Crippen molar-refractivity contribution in [1.29, 1.82) is 0 Å². The average molecular weight is 387 g/mol. The summed E-state index contributed by atoms with van der Waals surface area (Å²) in [4.78, 5) is 0. The largest absolute Gasteiger partial charge is 0.207 e. The van der Waals surface area contributed by atoms with Gasteiger partial charge in [0, 0.05) is 0 Å². The van der Waals surface area contributed by atoms with Gasteiger partial charge in [-0.15, -0.1) is 0 Å². The van der Waals surface area contributed by atoms with E-state index >= 15 is 0 Å². The third kappa shape index (κ3) is 6.42. The highest BCUT2D eigenvalue weighted by atomic mass is 19.1. The molecule has 3 rings (SSSR count). The van der Waals surface area contributed by atoms with Crippen LogP contribution in [-0.2, 0) is 25.7 Å². The van der Waals surface area contributed by atoms with E-state index in [4.69, 9.17) is 0 Å². The summed E-state index contributed by atoms with van der Waals surface area (Å²) in [5, 5.41) is 0. The summed E-state index contributed by atoms with van der Waals surface area (Å²) in [5.74, 6) is 0.229. The highest BCUT2D eigenvalue weighted by Crippen LogP contribution is 2.23. The quantitative estimate of drug-likeness (QED) is 0.335. The van der Waals surface area contributed by atoms with Gasteiger partial charge in [-0.1, -0.05) is 85.8 Å². The van der Waals surface area contributed by atoms with Crippen LogP contribution in [0.5, 0.6) is 0 Å². The highest BCUT2D eigenvalue weighted by molar-refractivity contribution is 5.29. The monoisotopic (exact) mass is 386 g/mol. The molecule has 3 aromatic carbocycles. The van der Waals surface area contributed by atoms with E-state index in [9.17, 15) is 4.39 Å². The van der Waals surface area contributed by atoms with Crippen molar-refractivity contribution in [3.63, 3.8) is 0 Å². The minimum atomic E-state index is -0.0791. The van der Waals surface area contributed by atoms with Crippen LogP contribution in [0.4, 0.5) is 4.39 Å². The Morgan fingerprint density at radius 3 is 2.07 bits per heavy atom. The van der Waals surface area contributed by atoms with E-state index in [0.717, 1.165) is 43.2 Å². The van der Waals surface area contributed by atoms with Crippen LogP contribution < -0.4 is 0 Å². The fourth-order valence-corrected chi connectivity index (χ4v) is 3.72. The van der Waals surface area contributed by atoms with Crippen LogP contribution in [0.25, 0.3) is 0 Å². The Kier molecular flexibility index (Phi) is 7.81.